The Kier molecular flexibility index (Phi) is 3.72. The standard InChI is InChI=1S/C14H14N6O/c21-14(15-7-6-11-8-18-20-19-11)13-12(16-9-17-13)10-4-2-1-3-5-10/h1-5,8-9H,6-7H2,(H,15,21)(H,16,17)(H,18,19,20). The van der Waals surface area contributed by atoms with Crippen molar-refractivity contribution in [1.82, 2.24) is 30.7 Å². The number of benzene rings is 1. The van der Waals surface area contributed by atoms with E-state index in [1.807, 2.05) is 30.3 Å². The molecule has 3 N–H and O–H groups in total. The van der Waals surface area contributed by atoms with Crippen LogP contribution < -0.4 is 5.32 Å². The topological polar surface area (TPSA) is 99.4 Å². The van der Waals surface area contributed by atoms with Crippen molar-refractivity contribution in [3.63, 3.8) is 0 Å². The van der Waals surface area contributed by atoms with Gasteiger partial charge in [-0.25, -0.2) is 4.98 Å². The van der Waals surface area contributed by atoms with E-state index in [4.69, 9.17) is 0 Å². The van der Waals surface area contributed by atoms with Crippen LogP contribution in [-0.2, 0) is 6.42 Å². The highest BCUT2D eigenvalue weighted by molar-refractivity contribution is 5.98. The minimum absolute atomic E-state index is 0.185. The van der Waals surface area contributed by atoms with Gasteiger partial charge in [0.15, 0.2) is 0 Å². The van der Waals surface area contributed by atoms with Crippen LogP contribution in [0.25, 0.3) is 11.3 Å². The number of aromatic amines is 2. The van der Waals surface area contributed by atoms with Crippen LogP contribution in [0, 0.1) is 0 Å². The number of carbonyl (C=O) groups excluding carboxylic acids is 1. The number of aromatic nitrogens is 5. The van der Waals surface area contributed by atoms with Crippen LogP contribution in [0.2, 0.25) is 0 Å². The third-order valence-corrected chi connectivity index (χ3v) is 3.05. The second-order valence-electron chi connectivity index (χ2n) is 4.46. The molecule has 21 heavy (non-hydrogen) atoms. The molecule has 0 aliphatic rings. The van der Waals surface area contributed by atoms with Gasteiger partial charge in [0.1, 0.15) is 11.4 Å². The molecule has 7 nitrogen and oxygen atoms in total. The number of H-pyrrole nitrogens is 2. The molecule has 1 aromatic carbocycles. The Morgan fingerprint density at radius 1 is 1.24 bits per heavy atom. The SMILES string of the molecule is O=C(NCCc1cn[nH]n1)c1[nH]cnc1-c1ccccc1. The highest BCUT2D eigenvalue weighted by atomic mass is 16.1. The highest BCUT2D eigenvalue weighted by Crippen LogP contribution is 2.19. The predicted octanol–water partition coefficient (Wildman–Crippen LogP) is 1.17. The van der Waals surface area contributed by atoms with Gasteiger partial charge in [0.2, 0.25) is 0 Å². The molecule has 0 saturated heterocycles. The molecule has 0 aliphatic carbocycles. The van der Waals surface area contributed by atoms with Crippen LogP contribution in [0.3, 0.4) is 0 Å². The molecule has 2 aromatic heterocycles. The Labute approximate surface area is 120 Å². The lowest BCUT2D eigenvalue weighted by Crippen LogP contribution is -2.26. The van der Waals surface area contributed by atoms with Gasteiger partial charge in [-0.3, -0.25) is 4.79 Å². The van der Waals surface area contributed by atoms with E-state index in [9.17, 15) is 4.79 Å². The molecule has 0 unspecified atom stereocenters. The fourth-order valence-electron chi connectivity index (χ4n) is 2.02. The average Bonchev–Trinajstić information content (AvgIpc) is 3.19. The average molecular weight is 282 g/mol. The summed E-state index contributed by atoms with van der Waals surface area (Å²) in [5.74, 6) is -0.185. The molecule has 0 atom stereocenters. The summed E-state index contributed by atoms with van der Waals surface area (Å²) in [5, 5.41) is 13.0. The Balaban J connectivity index is 1.67. The highest BCUT2D eigenvalue weighted by Gasteiger charge is 2.15. The first-order chi connectivity index (χ1) is 10.3. The summed E-state index contributed by atoms with van der Waals surface area (Å²) < 4.78 is 0. The van der Waals surface area contributed by atoms with Crippen LogP contribution in [-0.4, -0.2) is 37.8 Å². The number of amides is 1. The third-order valence-electron chi connectivity index (χ3n) is 3.05. The van der Waals surface area contributed by atoms with E-state index in [1.54, 1.807) is 6.20 Å². The molecule has 3 rings (SSSR count). The van der Waals surface area contributed by atoms with E-state index in [-0.39, 0.29) is 5.91 Å². The molecule has 0 bridgehead atoms. The Morgan fingerprint density at radius 3 is 2.86 bits per heavy atom. The summed E-state index contributed by atoms with van der Waals surface area (Å²) in [4.78, 5) is 19.3. The molecule has 0 aliphatic heterocycles. The summed E-state index contributed by atoms with van der Waals surface area (Å²) in [6.45, 7) is 0.485. The van der Waals surface area contributed by atoms with Crippen LogP contribution >= 0.6 is 0 Å². The van der Waals surface area contributed by atoms with Gasteiger partial charge < -0.3 is 10.3 Å². The van der Waals surface area contributed by atoms with Crippen molar-refractivity contribution >= 4 is 5.91 Å². The lowest BCUT2D eigenvalue weighted by molar-refractivity contribution is 0.0950. The third kappa shape index (κ3) is 2.97. The van der Waals surface area contributed by atoms with Crippen molar-refractivity contribution in [3.8, 4) is 11.3 Å². The van der Waals surface area contributed by atoms with Gasteiger partial charge in [-0.2, -0.15) is 15.4 Å². The maximum absolute atomic E-state index is 12.2. The molecule has 3 aromatic rings. The Morgan fingerprint density at radius 2 is 2.10 bits per heavy atom. The molecule has 106 valence electrons. The maximum atomic E-state index is 12.2. The van der Waals surface area contributed by atoms with Crippen molar-refractivity contribution in [2.45, 2.75) is 6.42 Å². The summed E-state index contributed by atoms with van der Waals surface area (Å²) in [7, 11) is 0. The van der Waals surface area contributed by atoms with Crippen molar-refractivity contribution in [3.05, 3.63) is 54.2 Å². The monoisotopic (exact) mass is 282 g/mol. The lowest BCUT2D eigenvalue weighted by atomic mass is 10.1. The van der Waals surface area contributed by atoms with Gasteiger partial charge >= 0.3 is 0 Å². The number of nitrogens with one attached hydrogen (secondary N) is 3. The van der Waals surface area contributed by atoms with Crippen LogP contribution in [0.5, 0.6) is 0 Å². The molecule has 0 radical (unpaired) electrons. The van der Waals surface area contributed by atoms with Gasteiger partial charge in [0.05, 0.1) is 18.2 Å². The number of hydrogen-bond acceptors (Lipinski definition) is 4. The summed E-state index contributed by atoms with van der Waals surface area (Å²) in [6.07, 6.45) is 3.78. The smallest absolute Gasteiger partial charge is 0.270 e. The number of imidazole rings is 1. The van der Waals surface area contributed by atoms with E-state index in [0.29, 0.717) is 24.4 Å². The zero-order valence-corrected chi connectivity index (χ0v) is 11.2. The first-order valence-corrected chi connectivity index (χ1v) is 6.56. The van der Waals surface area contributed by atoms with Crippen molar-refractivity contribution < 1.29 is 4.79 Å². The summed E-state index contributed by atoms with van der Waals surface area (Å²) >= 11 is 0. The number of rotatable bonds is 5. The number of carbonyl (C=O) groups is 1. The fraction of sp³-hybridized carbons (Fsp3) is 0.143. The van der Waals surface area contributed by atoms with Crippen molar-refractivity contribution in [2.24, 2.45) is 0 Å². The van der Waals surface area contributed by atoms with Gasteiger partial charge in [-0.1, -0.05) is 30.3 Å². The minimum Gasteiger partial charge on any atom is -0.350 e. The number of hydrogen-bond donors (Lipinski definition) is 3. The van der Waals surface area contributed by atoms with Crippen molar-refractivity contribution in [2.75, 3.05) is 6.54 Å². The maximum Gasteiger partial charge on any atom is 0.270 e. The normalized spacial score (nSPS) is 10.5. The number of nitrogens with zero attached hydrogens (tertiary/aromatic N) is 3. The predicted molar refractivity (Wildman–Crippen MR) is 76.4 cm³/mol. The largest absolute Gasteiger partial charge is 0.350 e. The second-order valence-corrected chi connectivity index (χ2v) is 4.46. The van der Waals surface area contributed by atoms with Crippen molar-refractivity contribution in [1.29, 1.82) is 0 Å². The van der Waals surface area contributed by atoms with Gasteiger partial charge in [0.25, 0.3) is 5.91 Å². The van der Waals surface area contributed by atoms with E-state index >= 15 is 0 Å². The minimum atomic E-state index is -0.185. The summed E-state index contributed by atoms with van der Waals surface area (Å²) in [5.41, 5.74) is 2.82. The Bertz CT molecular complexity index is 704. The first-order valence-electron chi connectivity index (χ1n) is 6.56. The lowest BCUT2D eigenvalue weighted by Gasteiger charge is -2.04. The molecule has 0 spiro atoms. The summed E-state index contributed by atoms with van der Waals surface area (Å²) in [6, 6.07) is 9.59. The van der Waals surface area contributed by atoms with Gasteiger partial charge in [-0.15, -0.1) is 0 Å². The van der Waals surface area contributed by atoms with Crippen LogP contribution in [0.4, 0.5) is 0 Å². The fourth-order valence-corrected chi connectivity index (χ4v) is 2.02. The van der Waals surface area contributed by atoms with E-state index in [0.717, 1.165) is 11.3 Å². The van der Waals surface area contributed by atoms with E-state index in [2.05, 4.69) is 30.7 Å². The van der Waals surface area contributed by atoms with E-state index in [1.165, 1.54) is 6.33 Å². The molecule has 7 heteroatoms. The molecular weight excluding hydrogens is 268 g/mol. The molecule has 0 fully saturated rings. The molecule has 1 amide bonds. The quantitative estimate of drug-likeness (QED) is 0.654. The molecule has 2 heterocycles. The molecule has 0 saturated carbocycles. The zero-order valence-electron chi connectivity index (χ0n) is 11.2. The molecular formula is C14H14N6O. The van der Waals surface area contributed by atoms with E-state index < -0.39 is 0 Å². The first kappa shape index (κ1) is 13.0. The van der Waals surface area contributed by atoms with Crippen LogP contribution in [0.1, 0.15) is 16.2 Å². The Hall–Kier alpha value is -2.96. The zero-order chi connectivity index (χ0) is 14.5. The van der Waals surface area contributed by atoms with Gasteiger partial charge in [0, 0.05) is 18.5 Å². The van der Waals surface area contributed by atoms with Gasteiger partial charge in [-0.05, 0) is 0 Å². The van der Waals surface area contributed by atoms with Crippen LogP contribution in [0.15, 0.2) is 42.9 Å². The second kappa shape index (κ2) is 6.00.